The predicted molar refractivity (Wildman–Crippen MR) is 142 cm³/mol. The van der Waals surface area contributed by atoms with Gasteiger partial charge in [0, 0.05) is 31.1 Å². The molecule has 1 unspecified atom stereocenters. The zero-order chi connectivity index (χ0) is 26.3. The highest BCUT2D eigenvalue weighted by Gasteiger charge is 2.50. The lowest BCUT2D eigenvalue weighted by molar-refractivity contribution is -0.0553. The van der Waals surface area contributed by atoms with Gasteiger partial charge in [0.1, 0.15) is 4.90 Å². The molecule has 37 heavy (non-hydrogen) atoms. The topological polar surface area (TPSA) is 73.7 Å². The predicted octanol–water partition coefficient (Wildman–Crippen LogP) is 4.43. The van der Waals surface area contributed by atoms with Gasteiger partial charge in [-0.05, 0) is 80.1 Å². The number of hydrogen-bond acceptors (Lipinski definition) is 5. The smallest absolute Gasteiger partial charge is 0.244 e. The lowest BCUT2D eigenvalue weighted by Crippen LogP contribution is -2.67. The number of aliphatic hydroxyl groups excluding tert-OH is 1. The number of fused-ring (bicyclic) bond motifs is 1. The summed E-state index contributed by atoms with van der Waals surface area (Å²) in [5, 5.41) is 10.3. The third-order valence-electron chi connectivity index (χ3n) is 8.17. The first-order valence-electron chi connectivity index (χ1n) is 12.9. The van der Waals surface area contributed by atoms with Crippen molar-refractivity contribution < 1.29 is 17.9 Å². The van der Waals surface area contributed by atoms with Gasteiger partial charge >= 0.3 is 0 Å². The Morgan fingerprint density at radius 1 is 1.00 bits per heavy atom. The average Bonchev–Trinajstić information content (AvgIpc) is 2.85. The van der Waals surface area contributed by atoms with E-state index >= 15 is 0 Å². The van der Waals surface area contributed by atoms with Crippen molar-refractivity contribution in [3.63, 3.8) is 0 Å². The molecule has 0 radical (unpaired) electrons. The SMILES string of the molecule is Cc1cccc(-c2ccc(C3[C@@H](CO)N4CCCCN(S(=O)(=O)c5ccc(F)nc5C)C[C@@H]34)cc2)c1C. The minimum Gasteiger partial charge on any atom is -0.395 e. The number of hydrogen-bond donors (Lipinski definition) is 1. The first kappa shape index (κ1) is 26.0. The molecular weight excluding hydrogens is 489 g/mol. The fourth-order valence-electron chi connectivity index (χ4n) is 6.01. The lowest BCUT2D eigenvalue weighted by Gasteiger charge is -2.57. The van der Waals surface area contributed by atoms with E-state index in [1.54, 1.807) is 0 Å². The Hall–Kier alpha value is -2.65. The van der Waals surface area contributed by atoms with E-state index in [4.69, 9.17) is 0 Å². The van der Waals surface area contributed by atoms with Gasteiger partial charge in [0.05, 0.1) is 12.3 Å². The van der Waals surface area contributed by atoms with E-state index < -0.39 is 16.0 Å². The number of rotatable bonds is 5. The maximum absolute atomic E-state index is 13.6. The number of nitrogens with zero attached hydrogens (tertiary/aromatic N) is 3. The highest BCUT2D eigenvalue weighted by molar-refractivity contribution is 7.89. The minimum absolute atomic E-state index is 0.0147. The first-order valence-corrected chi connectivity index (χ1v) is 14.3. The van der Waals surface area contributed by atoms with Gasteiger partial charge in [-0.3, -0.25) is 4.90 Å². The van der Waals surface area contributed by atoms with Crippen LogP contribution in [0.25, 0.3) is 11.1 Å². The molecule has 0 aliphatic carbocycles. The number of pyridine rings is 1. The van der Waals surface area contributed by atoms with Gasteiger partial charge in [-0.25, -0.2) is 13.4 Å². The van der Waals surface area contributed by atoms with Crippen LogP contribution < -0.4 is 0 Å². The van der Waals surface area contributed by atoms with Crippen LogP contribution in [0.4, 0.5) is 4.39 Å². The molecule has 2 aliphatic rings. The van der Waals surface area contributed by atoms with Crippen LogP contribution in [0.1, 0.15) is 41.1 Å². The van der Waals surface area contributed by atoms with Crippen molar-refractivity contribution in [3.05, 3.63) is 82.9 Å². The molecule has 3 atom stereocenters. The summed E-state index contributed by atoms with van der Waals surface area (Å²) in [6.07, 6.45) is 1.57. The van der Waals surface area contributed by atoms with Crippen LogP contribution in [0.15, 0.2) is 59.5 Å². The Kier molecular flexibility index (Phi) is 7.20. The largest absolute Gasteiger partial charge is 0.395 e. The van der Waals surface area contributed by atoms with E-state index in [-0.39, 0.29) is 35.2 Å². The number of benzene rings is 2. The highest BCUT2D eigenvalue weighted by Crippen LogP contribution is 2.43. The molecule has 2 aliphatic heterocycles. The van der Waals surface area contributed by atoms with E-state index in [0.29, 0.717) is 13.1 Å². The van der Waals surface area contributed by atoms with Crippen LogP contribution >= 0.6 is 0 Å². The normalized spacial score (nSPS) is 23.1. The molecular formula is C29H34FN3O3S. The highest BCUT2D eigenvalue weighted by atomic mass is 32.2. The van der Waals surface area contributed by atoms with Crippen molar-refractivity contribution in [2.75, 3.05) is 26.2 Å². The quantitative estimate of drug-likeness (QED) is 0.501. The first-order chi connectivity index (χ1) is 17.7. The average molecular weight is 524 g/mol. The zero-order valence-electron chi connectivity index (χ0n) is 21.6. The summed E-state index contributed by atoms with van der Waals surface area (Å²) < 4.78 is 42.3. The van der Waals surface area contributed by atoms with Crippen molar-refractivity contribution in [2.45, 2.75) is 56.5 Å². The molecule has 1 N–H and O–H groups in total. The van der Waals surface area contributed by atoms with Crippen LogP contribution in [0.3, 0.4) is 0 Å². The molecule has 3 heterocycles. The van der Waals surface area contributed by atoms with Crippen molar-refractivity contribution in [2.24, 2.45) is 0 Å². The molecule has 0 saturated carbocycles. The fraction of sp³-hybridized carbons (Fsp3) is 0.414. The Morgan fingerprint density at radius 3 is 2.43 bits per heavy atom. The molecule has 8 heteroatoms. The molecule has 0 amide bonds. The molecule has 6 nitrogen and oxygen atoms in total. The molecule has 2 fully saturated rings. The molecule has 1 aromatic heterocycles. The van der Waals surface area contributed by atoms with Gasteiger partial charge in [0.15, 0.2) is 0 Å². The Morgan fingerprint density at radius 2 is 1.73 bits per heavy atom. The van der Waals surface area contributed by atoms with Crippen LogP contribution in [0, 0.1) is 26.7 Å². The van der Waals surface area contributed by atoms with Crippen LogP contribution in [0.2, 0.25) is 0 Å². The van der Waals surface area contributed by atoms with Gasteiger partial charge in [0.25, 0.3) is 0 Å². The summed E-state index contributed by atoms with van der Waals surface area (Å²) in [7, 11) is -3.84. The van der Waals surface area contributed by atoms with E-state index in [1.807, 2.05) is 0 Å². The molecule has 0 bridgehead atoms. The summed E-state index contributed by atoms with van der Waals surface area (Å²) >= 11 is 0. The van der Waals surface area contributed by atoms with Crippen molar-refractivity contribution in [1.29, 1.82) is 0 Å². The maximum atomic E-state index is 13.6. The second-order valence-electron chi connectivity index (χ2n) is 10.2. The second kappa shape index (κ2) is 10.3. The summed E-state index contributed by atoms with van der Waals surface area (Å²) in [4.78, 5) is 6.04. The van der Waals surface area contributed by atoms with Crippen LogP contribution in [0.5, 0.6) is 0 Å². The van der Waals surface area contributed by atoms with Gasteiger partial charge < -0.3 is 5.11 Å². The molecule has 3 aromatic rings. The van der Waals surface area contributed by atoms with Crippen LogP contribution in [-0.4, -0.2) is 66.0 Å². The molecule has 5 rings (SSSR count). The number of aliphatic hydroxyl groups is 1. The fourth-order valence-corrected chi connectivity index (χ4v) is 7.66. The summed E-state index contributed by atoms with van der Waals surface area (Å²) in [6.45, 7) is 7.35. The lowest BCUT2D eigenvalue weighted by atomic mass is 9.74. The standard InChI is InChI=1S/C29H34FN3O3S/c1-19-7-6-8-24(20(19)2)22-9-11-23(12-10-22)29-25-17-32(15-4-5-16-33(25)26(29)18-34)37(35,36)27-13-14-28(30)31-21(27)3/h6-14,25-26,29,34H,4-5,15-18H2,1-3H3/t25-,26+,29?/m0/s1. The van der Waals surface area contributed by atoms with Crippen molar-refractivity contribution in [1.82, 2.24) is 14.2 Å². The third kappa shape index (κ3) is 4.72. The third-order valence-corrected chi connectivity index (χ3v) is 10.2. The number of sulfonamides is 1. The number of aromatic nitrogens is 1. The summed E-state index contributed by atoms with van der Waals surface area (Å²) in [5.74, 6) is -0.676. The van der Waals surface area contributed by atoms with Gasteiger partial charge in [0.2, 0.25) is 16.0 Å². The molecule has 196 valence electrons. The summed E-state index contributed by atoms with van der Waals surface area (Å²) in [6, 6.07) is 17.1. The Bertz CT molecular complexity index is 1390. The molecule has 0 spiro atoms. The van der Waals surface area contributed by atoms with Crippen molar-refractivity contribution in [3.8, 4) is 11.1 Å². The van der Waals surface area contributed by atoms with E-state index in [0.717, 1.165) is 36.6 Å². The van der Waals surface area contributed by atoms with Crippen LogP contribution in [-0.2, 0) is 10.0 Å². The number of aryl methyl sites for hydroxylation is 2. The maximum Gasteiger partial charge on any atom is 0.244 e. The van der Waals surface area contributed by atoms with E-state index in [2.05, 4.69) is 66.2 Å². The van der Waals surface area contributed by atoms with Crippen molar-refractivity contribution >= 4 is 10.0 Å². The minimum atomic E-state index is -3.84. The molecule has 2 aromatic carbocycles. The zero-order valence-corrected chi connectivity index (χ0v) is 22.4. The Balaban J connectivity index is 1.44. The second-order valence-corrected chi connectivity index (χ2v) is 12.1. The monoisotopic (exact) mass is 523 g/mol. The van der Waals surface area contributed by atoms with Gasteiger partial charge in [-0.2, -0.15) is 8.70 Å². The van der Waals surface area contributed by atoms with Gasteiger partial charge in [-0.15, -0.1) is 0 Å². The van der Waals surface area contributed by atoms with E-state index in [1.165, 1.54) is 34.0 Å². The molecule has 2 saturated heterocycles. The summed E-state index contributed by atoms with van der Waals surface area (Å²) in [5.41, 5.74) is 6.12. The van der Waals surface area contributed by atoms with Gasteiger partial charge in [-0.1, -0.05) is 42.5 Å². The van der Waals surface area contributed by atoms with E-state index in [9.17, 15) is 17.9 Å². The Labute approximate surface area is 218 Å². The number of halogens is 1.